The number of hydrogen-bond acceptors (Lipinski definition) is 6. The van der Waals surface area contributed by atoms with E-state index in [1.165, 1.54) is 18.4 Å². The van der Waals surface area contributed by atoms with Gasteiger partial charge in [-0.25, -0.2) is 4.79 Å². The van der Waals surface area contributed by atoms with Crippen molar-refractivity contribution < 1.29 is 19.1 Å². The molecular weight excluding hydrogens is 364 g/mol. The first-order chi connectivity index (χ1) is 12.7. The van der Waals surface area contributed by atoms with Crippen molar-refractivity contribution in [2.45, 2.75) is 39.7 Å². The summed E-state index contributed by atoms with van der Waals surface area (Å²) in [5.74, 6) is 5.81. The molecule has 0 spiro atoms. The van der Waals surface area contributed by atoms with Crippen molar-refractivity contribution in [3.63, 3.8) is 0 Å². The minimum atomic E-state index is -0.561. The molecule has 1 N–H and O–H groups in total. The number of hydrogen-bond donors (Lipinski definition) is 1. The predicted octanol–water partition coefficient (Wildman–Crippen LogP) is 2.98. The zero-order valence-corrected chi connectivity index (χ0v) is 17.5. The number of carbonyl (C=O) groups excluding carboxylic acids is 2. The summed E-state index contributed by atoms with van der Waals surface area (Å²) in [6.45, 7) is 7.81. The number of carbonyl (C=O) groups is 2. The number of rotatable bonds is 6. The molecule has 1 aromatic rings. The molecule has 1 aliphatic heterocycles. The number of nitrogens with zero attached hydrogens (tertiary/aromatic N) is 1. The summed E-state index contributed by atoms with van der Waals surface area (Å²) < 4.78 is 10.1. The minimum absolute atomic E-state index is 0.0151. The number of anilines is 1. The number of ether oxygens (including phenoxy) is 2. The molecule has 2 heterocycles. The normalized spacial score (nSPS) is 15.1. The van der Waals surface area contributed by atoms with E-state index in [9.17, 15) is 9.59 Å². The largest absolute Gasteiger partial charge is 0.465 e. The van der Waals surface area contributed by atoms with Crippen LogP contribution in [0.25, 0.3) is 0 Å². The Balaban J connectivity index is 2.29. The average Bonchev–Trinajstić information content (AvgIpc) is 3.27. The third-order valence-electron chi connectivity index (χ3n) is 4.04. The van der Waals surface area contributed by atoms with Crippen LogP contribution in [0.3, 0.4) is 0 Å². The van der Waals surface area contributed by atoms with E-state index in [0.717, 1.165) is 30.8 Å². The summed E-state index contributed by atoms with van der Waals surface area (Å²) in [6.07, 6.45) is 2.04. The molecule has 148 valence electrons. The molecule has 1 fully saturated rings. The predicted molar refractivity (Wildman–Crippen MR) is 107 cm³/mol. The van der Waals surface area contributed by atoms with E-state index in [0.29, 0.717) is 10.6 Å². The standard InChI is InChI=1S/C20H28N2O4S/c1-20(2,3)9-8-14-12-15(17(27-14)19(24)26-5)21-16(13-25-4)18(23)22-10-6-7-11-22/h12,16,21H,6-7,10-11,13H2,1-5H3. The topological polar surface area (TPSA) is 67.9 Å². The lowest BCUT2D eigenvalue weighted by Crippen LogP contribution is -2.44. The van der Waals surface area contributed by atoms with Gasteiger partial charge in [0.1, 0.15) is 10.9 Å². The summed E-state index contributed by atoms with van der Waals surface area (Å²) in [5.41, 5.74) is 0.410. The van der Waals surface area contributed by atoms with Crippen molar-refractivity contribution >= 4 is 28.9 Å². The molecule has 1 unspecified atom stereocenters. The van der Waals surface area contributed by atoms with Gasteiger partial charge < -0.3 is 19.7 Å². The summed E-state index contributed by atoms with van der Waals surface area (Å²) >= 11 is 1.26. The van der Waals surface area contributed by atoms with Crippen molar-refractivity contribution in [3.8, 4) is 11.8 Å². The van der Waals surface area contributed by atoms with Crippen LogP contribution in [0.5, 0.6) is 0 Å². The molecular formula is C20H28N2O4S. The van der Waals surface area contributed by atoms with Crippen molar-refractivity contribution in [3.05, 3.63) is 15.8 Å². The first kappa shape index (κ1) is 21.3. The number of nitrogens with one attached hydrogen (secondary N) is 1. The maximum Gasteiger partial charge on any atom is 0.350 e. The zero-order valence-electron chi connectivity index (χ0n) is 16.7. The maximum absolute atomic E-state index is 12.8. The van der Waals surface area contributed by atoms with Crippen LogP contribution in [-0.4, -0.2) is 56.7 Å². The molecule has 0 bridgehead atoms. The van der Waals surface area contributed by atoms with E-state index in [1.54, 1.807) is 13.2 Å². The van der Waals surface area contributed by atoms with Gasteiger partial charge in [0.2, 0.25) is 5.91 Å². The van der Waals surface area contributed by atoms with Gasteiger partial charge in [-0.2, -0.15) is 0 Å². The summed E-state index contributed by atoms with van der Waals surface area (Å²) in [6, 6.07) is 1.24. The van der Waals surface area contributed by atoms with E-state index in [4.69, 9.17) is 9.47 Å². The first-order valence-corrected chi connectivity index (χ1v) is 9.86. The Hall–Kier alpha value is -2.04. The van der Waals surface area contributed by atoms with Gasteiger partial charge in [-0.15, -0.1) is 11.3 Å². The lowest BCUT2D eigenvalue weighted by atomic mass is 9.98. The Bertz CT molecular complexity index is 733. The minimum Gasteiger partial charge on any atom is -0.465 e. The monoisotopic (exact) mass is 392 g/mol. The van der Waals surface area contributed by atoms with Crippen LogP contribution in [0, 0.1) is 17.3 Å². The molecule has 0 aromatic carbocycles. The second-order valence-electron chi connectivity index (χ2n) is 7.53. The van der Waals surface area contributed by atoms with Crippen molar-refractivity contribution in [2.75, 3.05) is 39.2 Å². The molecule has 1 aromatic heterocycles. The van der Waals surface area contributed by atoms with E-state index in [2.05, 4.69) is 17.2 Å². The van der Waals surface area contributed by atoms with Gasteiger partial charge in [-0.1, -0.05) is 11.8 Å². The molecule has 1 amide bonds. The van der Waals surface area contributed by atoms with Crippen LogP contribution in [0.4, 0.5) is 5.69 Å². The number of methoxy groups -OCH3 is 2. The van der Waals surface area contributed by atoms with Crippen LogP contribution >= 0.6 is 11.3 Å². The van der Waals surface area contributed by atoms with Gasteiger partial charge >= 0.3 is 5.97 Å². The lowest BCUT2D eigenvalue weighted by molar-refractivity contribution is -0.132. The molecule has 1 atom stereocenters. The Labute approximate surface area is 165 Å². The van der Waals surface area contributed by atoms with Gasteiger partial charge in [0.25, 0.3) is 0 Å². The highest BCUT2D eigenvalue weighted by molar-refractivity contribution is 7.15. The molecule has 2 rings (SSSR count). The first-order valence-electron chi connectivity index (χ1n) is 9.04. The molecule has 0 radical (unpaired) electrons. The average molecular weight is 393 g/mol. The zero-order chi connectivity index (χ0) is 20.0. The number of thiophene rings is 1. The highest BCUT2D eigenvalue weighted by atomic mass is 32.1. The van der Waals surface area contributed by atoms with Crippen LogP contribution in [-0.2, 0) is 14.3 Å². The number of likely N-dealkylation sites (tertiary alicyclic amines) is 1. The number of esters is 1. The second-order valence-corrected chi connectivity index (χ2v) is 8.58. The van der Waals surface area contributed by atoms with Crippen LogP contribution in [0.1, 0.15) is 48.2 Å². The molecule has 0 saturated carbocycles. The fraction of sp³-hybridized carbons (Fsp3) is 0.600. The van der Waals surface area contributed by atoms with Gasteiger partial charge in [-0.05, 0) is 39.7 Å². The molecule has 7 heteroatoms. The highest BCUT2D eigenvalue weighted by Gasteiger charge is 2.28. The fourth-order valence-electron chi connectivity index (χ4n) is 2.74. The Morgan fingerprint density at radius 3 is 2.52 bits per heavy atom. The maximum atomic E-state index is 12.8. The SMILES string of the molecule is COCC(Nc1cc(C#CC(C)(C)C)sc1C(=O)OC)C(=O)N1CCCC1. The van der Waals surface area contributed by atoms with Crippen LogP contribution in [0.15, 0.2) is 6.07 Å². The quantitative estimate of drug-likeness (QED) is 0.595. The molecule has 6 nitrogen and oxygen atoms in total. The van der Waals surface area contributed by atoms with Gasteiger partial charge in [0, 0.05) is 25.6 Å². The second kappa shape index (κ2) is 9.25. The third-order valence-corrected chi connectivity index (χ3v) is 5.07. The Kier molecular flexibility index (Phi) is 7.28. The molecule has 1 saturated heterocycles. The Morgan fingerprint density at radius 2 is 1.96 bits per heavy atom. The lowest BCUT2D eigenvalue weighted by Gasteiger charge is -2.24. The summed E-state index contributed by atoms with van der Waals surface area (Å²) in [5, 5.41) is 3.18. The van der Waals surface area contributed by atoms with Crippen LogP contribution in [0.2, 0.25) is 0 Å². The third kappa shape index (κ3) is 5.98. The van der Waals surface area contributed by atoms with E-state index in [-0.39, 0.29) is 17.9 Å². The van der Waals surface area contributed by atoms with E-state index >= 15 is 0 Å². The summed E-state index contributed by atoms with van der Waals surface area (Å²) in [4.78, 5) is 28.0. The van der Waals surface area contributed by atoms with Crippen molar-refractivity contribution in [1.29, 1.82) is 0 Å². The summed E-state index contributed by atoms with van der Waals surface area (Å²) in [7, 11) is 2.90. The van der Waals surface area contributed by atoms with Gasteiger partial charge in [-0.3, -0.25) is 4.79 Å². The molecule has 1 aliphatic rings. The van der Waals surface area contributed by atoms with Crippen molar-refractivity contribution in [1.82, 2.24) is 4.90 Å². The van der Waals surface area contributed by atoms with Crippen LogP contribution < -0.4 is 5.32 Å². The van der Waals surface area contributed by atoms with E-state index < -0.39 is 12.0 Å². The Morgan fingerprint density at radius 1 is 1.30 bits per heavy atom. The van der Waals surface area contributed by atoms with E-state index in [1.807, 2.05) is 25.7 Å². The highest BCUT2D eigenvalue weighted by Crippen LogP contribution is 2.29. The van der Waals surface area contributed by atoms with Gasteiger partial charge in [0.05, 0.1) is 24.3 Å². The fourth-order valence-corrected chi connectivity index (χ4v) is 3.63. The van der Waals surface area contributed by atoms with Gasteiger partial charge in [0.15, 0.2) is 0 Å². The molecule has 0 aliphatic carbocycles. The number of amides is 1. The smallest absolute Gasteiger partial charge is 0.350 e. The molecule has 27 heavy (non-hydrogen) atoms. The van der Waals surface area contributed by atoms with Crippen molar-refractivity contribution in [2.24, 2.45) is 5.41 Å².